The highest BCUT2D eigenvalue weighted by molar-refractivity contribution is 9.11. The summed E-state index contributed by atoms with van der Waals surface area (Å²) in [6, 6.07) is 12.6. The number of halogens is 1. The van der Waals surface area contributed by atoms with Gasteiger partial charge in [0.05, 0.1) is 3.79 Å². The fraction of sp³-hybridized carbons (Fsp3) is 0.167. The quantitative estimate of drug-likeness (QED) is 0.899. The van der Waals surface area contributed by atoms with E-state index in [1.165, 1.54) is 14.9 Å². The molecule has 0 amide bonds. The van der Waals surface area contributed by atoms with Gasteiger partial charge in [-0.3, -0.25) is 0 Å². The second kappa shape index (κ2) is 5.45. The van der Waals surface area contributed by atoms with E-state index in [1.807, 2.05) is 6.07 Å². The van der Waals surface area contributed by atoms with Crippen LogP contribution in [-0.4, -0.2) is 0 Å². The number of benzene rings is 1. The number of nitrogens with one attached hydrogen (secondary N) is 1. The van der Waals surface area contributed by atoms with Crippen LogP contribution in [0.4, 0.5) is 0 Å². The van der Waals surface area contributed by atoms with Gasteiger partial charge in [0, 0.05) is 13.1 Å². The van der Waals surface area contributed by atoms with Crippen LogP contribution in [0.5, 0.6) is 0 Å². The summed E-state index contributed by atoms with van der Waals surface area (Å²) in [6.45, 7) is 1.85. The van der Waals surface area contributed by atoms with Gasteiger partial charge in [-0.15, -0.1) is 11.3 Å². The zero-order valence-electron chi connectivity index (χ0n) is 8.24. The van der Waals surface area contributed by atoms with Crippen molar-refractivity contribution < 1.29 is 0 Å². The second-order valence-electron chi connectivity index (χ2n) is 3.35. The van der Waals surface area contributed by atoms with Gasteiger partial charge < -0.3 is 5.32 Å². The fourth-order valence-corrected chi connectivity index (χ4v) is 2.59. The van der Waals surface area contributed by atoms with Gasteiger partial charge >= 0.3 is 0 Å². The Balaban J connectivity index is 1.80. The predicted octanol–water partition coefficient (Wildman–Crippen LogP) is 3.80. The summed E-state index contributed by atoms with van der Waals surface area (Å²) >= 11 is 5.19. The van der Waals surface area contributed by atoms with Gasteiger partial charge in [-0.25, -0.2) is 0 Å². The SMILES string of the molecule is Brc1cc(CNCc2ccccc2)cs1. The van der Waals surface area contributed by atoms with Gasteiger partial charge in [0.2, 0.25) is 0 Å². The highest BCUT2D eigenvalue weighted by Crippen LogP contribution is 2.20. The topological polar surface area (TPSA) is 12.0 Å². The Morgan fingerprint density at radius 2 is 1.80 bits per heavy atom. The highest BCUT2D eigenvalue weighted by atomic mass is 79.9. The van der Waals surface area contributed by atoms with Crippen molar-refractivity contribution in [1.82, 2.24) is 5.32 Å². The first kappa shape index (κ1) is 10.9. The number of rotatable bonds is 4. The molecule has 2 rings (SSSR count). The van der Waals surface area contributed by atoms with Gasteiger partial charge in [0.25, 0.3) is 0 Å². The largest absolute Gasteiger partial charge is 0.309 e. The molecule has 1 aromatic carbocycles. The van der Waals surface area contributed by atoms with Crippen LogP contribution in [0, 0.1) is 0 Å². The molecule has 0 aliphatic heterocycles. The Morgan fingerprint density at radius 1 is 1.07 bits per heavy atom. The van der Waals surface area contributed by atoms with Crippen LogP contribution < -0.4 is 5.32 Å². The van der Waals surface area contributed by atoms with Crippen molar-refractivity contribution >= 4 is 27.3 Å². The molecule has 0 radical (unpaired) electrons. The molecule has 0 bridgehead atoms. The predicted molar refractivity (Wildman–Crippen MR) is 69.0 cm³/mol. The fourth-order valence-electron chi connectivity index (χ4n) is 1.39. The van der Waals surface area contributed by atoms with Crippen molar-refractivity contribution in [2.45, 2.75) is 13.1 Å². The molecule has 1 N–H and O–H groups in total. The zero-order chi connectivity index (χ0) is 10.5. The molecule has 0 spiro atoms. The number of thiophene rings is 1. The molecule has 0 atom stereocenters. The zero-order valence-corrected chi connectivity index (χ0v) is 10.6. The maximum absolute atomic E-state index is 3.46. The smallest absolute Gasteiger partial charge is 0.0701 e. The summed E-state index contributed by atoms with van der Waals surface area (Å²) in [7, 11) is 0. The first-order valence-electron chi connectivity index (χ1n) is 4.82. The van der Waals surface area contributed by atoms with Gasteiger partial charge in [-0.1, -0.05) is 30.3 Å². The second-order valence-corrected chi connectivity index (χ2v) is 5.64. The summed E-state index contributed by atoms with van der Waals surface area (Å²) in [4.78, 5) is 0. The van der Waals surface area contributed by atoms with Crippen molar-refractivity contribution in [3.8, 4) is 0 Å². The minimum atomic E-state index is 0.925. The van der Waals surface area contributed by atoms with Gasteiger partial charge in [-0.2, -0.15) is 0 Å². The number of hydrogen-bond acceptors (Lipinski definition) is 2. The maximum atomic E-state index is 3.46. The Kier molecular flexibility index (Phi) is 3.94. The molecular weight excluding hydrogens is 270 g/mol. The molecule has 0 fully saturated rings. The molecule has 2 aromatic rings. The van der Waals surface area contributed by atoms with Crippen molar-refractivity contribution in [3.05, 3.63) is 56.7 Å². The summed E-state index contributed by atoms with van der Waals surface area (Å²) in [5, 5.41) is 5.59. The lowest BCUT2D eigenvalue weighted by atomic mass is 10.2. The third-order valence-corrected chi connectivity index (χ3v) is 3.68. The monoisotopic (exact) mass is 281 g/mol. The van der Waals surface area contributed by atoms with E-state index >= 15 is 0 Å². The molecule has 1 heterocycles. The third-order valence-electron chi connectivity index (χ3n) is 2.12. The number of hydrogen-bond donors (Lipinski definition) is 1. The standard InChI is InChI=1S/C12H12BrNS/c13-12-6-11(9-15-12)8-14-7-10-4-2-1-3-5-10/h1-6,9,14H,7-8H2. The molecule has 3 heteroatoms. The molecular formula is C12H12BrNS. The van der Waals surface area contributed by atoms with Crippen LogP contribution in [0.2, 0.25) is 0 Å². The molecule has 1 aromatic heterocycles. The minimum absolute atomic E-state index is 0.925. The average molecular weight is 282 g/mol. The Hall–Kier alpha value is -0.640. The summed E-state index contributed by atoms with van der Waals surface area (Å²) in [6.07, 6.45) is 0. The third kappa shape index (κ3) is 3.45. The van der Waals surface area contributed by atoms with Gasteiger partial charge in [0.15, 0.2) is 0 Å². The van der Waals surface area contributed by atoms with Crippen molar-refractivity contribution in [2.75, 3.05) is 0 Å². The van der Waals surface area contributed by atoms with E-state index in [9.17, 15) is 0 Å². The molecule has 0 aliphatic rings. The Labute approximate surface area is 102 Å². The van der Waals surface area contributed by atoms with Crippen LogP contribution in [0.3, 0.4) is 0 Å². The molecule has 0 aliphatic carbocycles. The van der Waals surface area contributed by atoms with E-state index in [-0.39, 0.29) is 0 Å². The van der Waals surface area contributed by atoms with Gasteiger partial charge in [0.1, 0.15) is 0 Å². The van der Waals surface area contributed by atoms with Crippen LogP contribution in [-0.2, 0) is 13.1 Å². The van der Waals surface area contributed by atoms with Crippen molar-refractivity contribution in [1.29, 1.82) is 0 Å². The summed E-state index contributed by atoms with van der Waals surface area (Å²) in [5.41, 5.74) is 2.66. The lowest BCUT2D eigenvalue weighted by Gasteiger charge is -2.02. The molecule has 15 heavy (non-hydrogen) atoms. The van der Waals surface area contributed by atoms with Crippen molar-refractivity contribution in [3.63, 3.8) is 0 Å². The molecule has 78 valence electrons. The highest BCUT2D eigenvalue weighted by Gasteiger charge is 1.96. The van der Waals surface area contributed by atoms with E-state index in [4.69, 9.17) is 0 Å². The summed E-state index contributed by atoms with van der Waals surface area (Å²) in [5.74, 6) is 0. The first-order chi connectivity index (χ1) is 7.34. The maximum Gasteiger partial charge on any atom is 0.0701 e. The Morgan fingerprint density at radius 3 is 2.47 bits per heavy atom. The van der Waals surface area contributed by atoms with Crippen LogP contribution >= 0.6 is 27.3 Å². The van der Waals surface area contributed by atoms with Crippen LogP contribution in [0.1, 0.15) is 11.1 Å². The van der Waals surface area contributed by atoms with Gasteiger partial charge in [-0.05, 0) is 38.5 Å². The van der Waals surface area contributed by atoms with E-state index < -0.39 is 0 Å². The molecule has 1 nitrogen and oxygen atoms in total. The summed E-state index contributed by atoms with van der Waals surface area (Å²) < 4.78 is 1.19. The molecule has 0 unspecified atom stereocenters. The van der Waals surface area contributed by atoms with E-state index in [0.717, 1.165) is 13.1 Å². The van der Waals surface area contributed by atoms with E-state index in [2.05, 4.69) is 57.0 Å². The van der Waals surface area contributed by atoms with Crippen molar-refractivity contribution in [2.24, 2.45) is 0 Å². The lowest BCUT2D eigenvalue weighted by Crippen LogP contribution is -2.11. The first-order valence-corrected chi connectivity index (χ1v) is 6.49. The molecule has 0 saturated carbocycles. The van der Waals surface area contributed by atoms with E-state index in [1.54, 1.807) is 11.3 Å². The van der Waals surface area contributed by atoms with E-state index in [0.29, 0.717) is 0 Å². The Bertz CT molecular complexity index is 411. The average Bonchev–Trinajstić information content (AvgIpc) is 2.66. The minimum Gasteiger partial charge on any atom is -0.309 e. The molecule has 0 saturated heterocycles. The van der Waals surface area contributed by atoms with Crippen LogP contribution in [0.15, 0.2) is 45.6 Å². The van der Waals surface area contributed by atoms with Crippen LogP contribution in [0.25, 0.3) is 0 Å². The normalized spacial score (nSPS) is 10.5. The lowest BCUT2D eigenvalue weighted by molar-refractivity contribution is 0.695.